The van der Waals surface area contributed by atoms with E-state index in [-0.39, 0.29) is 10.8 Å². The monoisotopic (exact) mass is 286 g/mol. The van der Waals surface area contributed by atoms with E-state index in [4.69, 9.17) is 16.3 Å². The zero-order chi connectivity index (χ0) is 13.8. The Morgan fingerprint density at radius 2 is 2.11 bits per heavy atom. The van der Waals surface area contributed by atoms with E-state index in [0.29, 0.717) is 12.2 Å². The molecule has 0 spiro atoms. The van der Waals surface area contributed by atoms with Crippen molar-refractivity contribution in [1.29, 1.82) is 0 Å². The average molecular weight is 287 g/mol. The number of rotatable bonds is 4. The van der Waals surface area contributed by atoms with E-state index in [0.717, 1.165) is 43.9 Å². The van der Waals surface area contributed by atoms with Crippen molar-refractivity contribution in [2.75, 3.05) is 39.8 Å². The van der Waals surface area contributed by atoms with E-state index >= 15 is 0 Å². The molecule has 0 aromatic heterocycles. The number of aryl methyl sites for hydroxylation is 1. The molecule has 1 aromatic rings. The van der Waals surface area contributed by atoms with Gasteiger partial charge in [0.2, 0.25) is 0 Å². The lowest BCUT2D eigenvalue weighted by Crippen LogP contribution is -2.44. The lowest BCUT2D eigenvalue weighted by Gasteiger charge is -2.27. The van der Waals surface area contributed by atoms with E-state index < -0.39 is 0 Å². The summed E-state index contributed by atoms with van der Waals surface area (Å²) in [4.78, 5) is 2.35. The van der Waals surface area contributed by atoms with Gasteiger partial charge in [-0.1, -0.05) is 11.6 Å². The summed E-state index contributed by atoms with van der Waals surface area (Å²) in [5, 5.41) is 3.50. The van der Waals surface area contributed by atoms with Gasteiger partial charge in [-0.15, -0.1) is 0 Å². The Hall–Kier alpha value is -0.840. The maximum Gasteiger partial charge on any atom is 0.142 e. The number of benzene rings is 1. The van der Waals surface area contributed by atoms with Gasteiger partial charge in [0.25, 0.3) is 0 Å². The Balaban J connectivity index is 2.13. The average Bonchev–Trinajstić information content (AvgIpc) is 2.42. The van der Waals surface area contributed by atoms with E-state index in [1.165, 1.54) is 6.07 Å². The Kier molecular flexibility index (Phi) is 5.02. The van der Waals surface area contributed by atoms with Crippen LogP contribution in [0.3, 0.4) is 0 Å². The molecule has 0 aliphatic carbocycles. The van der Waals surface area contributed by atoms with E-state index in [9.17, 15) is 4.39 Å². The second-order valence-corrected chi connectivity index (χ2v) is 5.22. The minimum Gasteiger partial charge on any atom is -0.496 e. The first-order valence-electron chi connectivity index (χ1n) is 6.58. The minimum atomic E-state index is -0.365. The maximum absolute atomic E-state index is 13.7. The maximum atomic E-state index is 13.7. The number of ether oxygens (including phenoxy) is 1. The largest absolute Gasteiger partial charge is 0.496 e. The fraction of sp³-hybridized carbons (Fsp3) is 0.571. The molecule has 1 saturated heterocycles. The van der Waals surface area contributed by atoms with Crippen molar-refractivity contribution >= 4 is 11.6 Å². The van der Waals surface area contributed by atoms with E-state index in [1.54, 1.807) is 7.11 Å². The Labute approximate surface area is 118 Å². The fourth-order valence-corrected chi connectivity index (χ4v) is 2.75. The van der Waals surface area contributed by atoms with Crippen LogP contribution in [-0.2, 0) is 6.42 Å². The fourth-order valence-electron chi connectivity index (χ4n) is 2.51. The Morgan fingerprint density at radius 1 is 1.42 bits per heavy atom. The lowest BCUT2D eigenvalue weighted by molar-refractivity contribution is 0.243. The number of nitrogens with one attached hydrogen (secondary N) is 1. The van der Waals surface area contributed by atoms with Crippen molar-refractivity contribution in [1.82, 2.24) is 10.2 Å². The van der Waals surface area contributed by atoms with Crippen molar-refractivity contribution in [3.8, 4) is 5.75 Å². The van der Waals surface area contributed by atoms with Crippen LogP contribution in [0.4, 0.5) is 4.39 Å². The molecule has 0 saturated carbocycles. The van der Waals surface area contributed by atoms with Gasteiger partial charge >= 0.3 is 0 Å². The third-order valence-corrected chi connectivity index (χ3v) is 3.95. The summed E-state index contributed by atoms with van der Waals surface area (Å²) in [6.07, 6.45) is 0.709. The van der Waals surface area contributed by atoms with Crippen molar-refractivity contribution in [2.24, 2.45) is 0 Å². The molecule has 0 bridgehead atoms. The molecule has 1 fully saturated rings. The number of piperazine rings is 1. The second kappa shape index (κ2) is 6.55. The van der Waals surface area contributed by atoms with Gasteiger partial charge in [-0.2, -0.15) is 0 Å². The van der Waals surface area contributed by atoms with Crippen molar-refractivity contribution < 1.29 is 9.13 Å². The molecule has 5 heteroatoms. The predicted molar refractivity (Wildman–Crippen MR) is 75.7 cm³/mol. The molecular formula is C14H20ClFN2O. The van der Waals surface area contributed by atoms with Gasteiger partial charge in [0.1, 0.15) is 11.6 Å². The second-order valence-electron chi connectivity index (χ2n) is 4.84. The van der Waals surface area contributed by atoms with Gasteiger partial charge in [-0.05, 0) is 25.0 Å². The molecule has 0 atom stereocenters. The quantitative estimate of drug-likeness (QED) is 0.919. The summed E-state index contributed by atoms with van der Waals surface area (Å²) in [5.74, 6) is 0.344. The van der Waals surface area contributed by atoms with Gasteiger partial charge < -0.3 is 15.0 Å². The van der Waals surface area contributed by atoms with Crippen LogP contribution in [0, 0.1) is 12.7 Å². The zero-order valence-electron chi connectivity index (χ0n) is 11.4. The molecular weight excluding hydrogens is 267 g/mol. The summed E-state index contributed by atoms with van der Waals surface area (Å²) >= 11 is 6.08. The van der Waals surface area contributed by atoms with Crippen molar-refractivity contribution in [2.45, 2.75) is 13.3 Å². The molecule has 19 heavy (non-hydrogen) atoms. The van der Waals surface area contributed by atoms with Gasteiger partial charge in [0.15, 0.2) is 0 Å². The molecule has 1 aromatic carbocycles. The van der Waals surface area contributed by atoms with Crippen LogP contribution in [0.1, 0.15) is 11.1 Å². The standard InChI is InChI=1S/C14H20ClFN2O/c1-10-9-12(16)13(15)11(14(10)19-2)3-6-18-7-4-17-5-8-18/h9,17H,3-8H2,1-2H3. The summed E-state index contributed by atoms with van der Waals surface area (Å²) in [5.41, 5.74) is 1.57. The van der Waals surface area contributed by atoms with Gasteiger partial charge in [0, 0.05) is 38.3 Å². The molecule has 3 nitrogen and oxygen atoms in total. The summed E-state index contributed by atoms with van der Waals surface area (Å²) in [6.45, 7) is 6.77. The predicted octanol–water partition coefficient (Wildman–Crippen LogP) is 2.24. The van der Waals surface area contributed by atoms with Crippen LogP contribution >= 0.6 is 11.6 Å². The number of hydrogen-bond donors (Lipinski definition) is 1. The third-order valence-electron chi connectivity index (χ3n) is 3.54. The SMILES string of the molecule is COc1c(C)cc(F)c(Cl)c1CCN1CCNCC1. The highest BCUT2D eigenvalue weighted by Gasteiger charge is 2.17. The third kappa shape index (κ3) is 3.38. The highest BCUT2D eigenvalue weighted by atomic mass is 35.5. The Bertz CT molecular complexity index is 448. The zero-order valence-corrected chi connectivity index (χ0v) is 12.2. The highest BCUT2D eigenvalue weighted by molar-refractivity contribution is 6.31. The number of hydrogen-bond acceptors (Lipinski definition) is 3. The lowest BCUT2D eigenvalue weighted by atomic mass is 10.1. The molecule has 2 rings (SSSR count). The summed E-state index contributed by atoms with van der Waals surface area (Å²) < 4.78 is 19.1. The topological polar surface area (TPSA) is 24.5 Å². The van der Waals surface area contributed by atoms with Crippen molar-refractivity contribution in [3.63, 3.8) is 0 Å². The Morgan fingerprint density at radius 3 is 2.74 bits per heavy atom. The molecule has 0 unspecified atom stereocenters. The van der Waals surface area contributed by atoms with Crippen molar-refractivity contribution in [3.05, 3.63) is 28.0 Å². The first-order chi connectivity index (χ1) is 9.13. The molecule has 1 N–H and O–H groups in total. The van der Waals surface area contributed by atoms with Crippen LogP contribution in [0.5, 0.6) is 5.75 Å². The first-order valence-corrected chi connectivity index (χ1v) is 6.95. The van der Waals surface area contributed by atoms with Crippen LogP contribution in [0.15, 0.2) is 6.07 Å². The smallest absolute Gasteiger partial charge is 0.142 e. The van der Waals surface area contributed by atoms with Gasteiger partial charge in [-0.3, -0.25) is 0 Å². The molecule has 1 aliphatic heterocycles. The van der Waals surface area contributed by atoms with Gasteiger partial charge in [0.05, 0.1) is 12.1 Å². The van der Waals surface area contributed by atoms with Crippen LogP contribution in [0.25, 0.3) is 0 Å². The minimum absolute atomic E-state index is 0.192. The number of halogens is 2. The van der Waals surface area contributed by atoms with Crippen LogP contribution in [0.2, 0.25) is 5.02 Å². The number of nitrogens with zero attached hydrogens (tertiary/aromatic N) is 1. The van der Waals surface area contributed by atoms with Crippen LogP contribution in [-0.4, -0.2) is 44.7 Å². The van der Waals surface area contributed by atoms with Gasteiger partial charge in [-0.25, -0.2) is 4.39 Å². The molecule has 0 amide bonds. The van der Waals surface area contributed by atoms with Crippen LogP contribution < -0.4 is 10.1 Å². The number of methoxy groups -OCH3 is 1. The summed E-state index contributed by atoms with van der Waals surface area (Å²) in [6, 6.07) is 1.43. The molecule has 106 valence electrons. The van der Waals surface area contributed by atoms with E-state index in [1.807, 2.05) is 6.92 Å². The molecule has 0 radical (unpaired) electrons. The normalized spacial score (nSPS) is 16.6. The molecule has 1 aliphatic rings. The van der Waals surface area contributed by atoms with E-state index in [2.05, 4.69) is 10.2 Å². The molecule has 1 heterocycles. The summed E-state index contributed by atoms with van der Waals surface area (Å²) in [7, 11) is 1.60. The first kappa shape index (κ1) is 14.6. The highest BCUT2D eigenvalue weighted by Crippen LogP contribution is 2.33.